The van der Waals surface area contributed by atoms with Crippen LogP contribution in [-0.2, 0) is 0 Å². The number of benzene rings is 1. The summed E-state index contributed by atoms with van der Waals surface area (Å²) >= 11 is 0. The SMILES string of the molecule is Fc1ccc(-c2cccn3nc(N[C@H]4CCNC[C@H]4F)nc23)c(F)c1F. The van der Waals surface area contributed by atoms with E-state index in [1.165, 1.54) is 10.6 Å². The van der Waals surface area contributed by atoms with E-state index in [-0.39, 0.29) is 29.3 Å². The first-order valence-electron chi connectivity index (χ1n) is 8.15. The summed E-state index contributed by atoms with van der Waals surface area (Å²) < 4.78 is 56.3. The van der Waals surface area contributed by atoms with Crippen LogP contribution in [0.3, 0.4) is 0 Å². The summed E-state index contributed by atoms with van der Waals surface area (Å²) in [6.45, 7) is 0.924. The van der Waals surface area contributed by atoms with E-state index in [2.05, 4.69) is 20.7 Å². The molecule has 0 bridgehead atoms. The third-order valence-electron chi connectivity index (χ3n) is 4.41. The summed E-state index contributed by atoms with van der Waals surface area (Å²) in [5.41, 5.74) is 0.384. The molecule has 0 saturated carbocycles. The van der Waals surface area contributed by atoms with Gasteiger partial charge < -0.3 is 10.6 Å². The second-order valence-electron chi connectivity index (χ2n) is 6.11. The van der Waals surface area contributed by atoms with E-state index in [0.717, 1.165) is 12.1 Å². The predicted octanol–water partition coefficient (Wildman–Crippen LogP) is 2.93. The first-order valence-corrected chi connectivity index (χ1v) is 8.15. The fourth-order valence-corrected chi connectivity index (χ4v) is 3.06. The van der Waals surface area contributed by atoms with Crippen LogP contribution < -0.4 is 10.6 Å². The number of fused-ring (bicyclic) bond motifs is 1. The van der Waals surface area contributed by atoms with Crippen molar-refractivity contribution in [1.82, 2.24) is 19.9 Å². The number of anilines is 1. The Labute approximate surface area is 146 Å². The Morgan fingerprint density at radius 3 is 2.77 bits per heavy atom. The van der Waals surface area contributed by atoms with Gasteiger partial charge in [0.2, 0.25) is 5.95 Å². The molecule has 1 aromatic carbocycles. The fourth-order valence-electron chi connectivity index (χ4n) is 3.06. The van der Waals surface area contributed by atoms with Gasteiger partial charge in [-0.3, -0.25) is 0 Å². The summed E-state index contributed by atoms with van der Waals surface area (Å²) in [5.74, 6) is -3.91. The molecule has 1 aliphatic heterocycles. The Morgan fingerprint density at radius 1 is 1.12 bits per heavy atom. The minimum Gasteiger partial charge on any atom is -0.347 e. The molecular formula is C17H15F4N5. The first kappa shape index (κ1) is 16.8. The fraction of sp³-hybridized carbons (Fsp3) is 0.294. The molecule has 26 heavy (non-hydrogen) atoms. The highest BCUT2D eigenvalue weighted by atomic mass is 19.2. The van der Waals surface area contributed by atoms with Crippen LogP contribution in [0.15, 0.2) is 30.5 Å². The van der Waals surface area contributed by atoms with Gasteiger partial charge in [-0.2, -0.15) is 4.98 Å². The van der Waals surface area contributed by atoms with E-state index in [1.807, 2.05) is 0 Å². The molecule has 0 amide bonds. The number of nitrogens with zero attached hydrogens (tertiary/aromatic N) is 3. The summed E-state index contributed by atoms with van der Waals surface area (Å²) in [4.78, 5) is 4.28. The van der Waals surface area contributed by atoms with Crippen molar-refractivity contribution in [3.05, 3.63) is 47.9 Å². The third-order valence-corrected chi connectivity index (χ3v) is 4.41. The van der Waals surface area contributed by atoms with Gasteiger partial charge in [0.25, 0.3) is 0 Å². The van der Waals surface area contributed by atoms with E-state index in [4.69, 9.17) is 0 Å². The minimum atomic E-state index is -1.54. The van der Waals surface area contributed by atoms with Crippen LogP contribution in [0.1, 0.15) is 6.42 Å². The molecule has 1 fully saturated rings. The quantitative estimate of drug-likeness (QED) is 0.554. The van der Waals surface area contributed by atoms with Crippen molar-refractivity contribution < 1.29 is 17.6 Å². The van der Waals surface area contributed by atoms with Crippen LogP contribution in [0, 0.1) is 17.5 Å². The number of hydrogen-bond acceptors (Lipinski definition) is 4. The van der Waals surface area contributed by atoms with E-state index in [9.17, 15) is 17.6 Å². The average molecular weight is 365 g/mol. The highest BCUT2D eigenvalue weighted by Crippen LogP contribution is 2.29. The van der Waals surface area contributed by atoms with Gasteiger partial charge >= 0.3 is 0 Å². The van der Waals surface area contributed by atoms with Crippen LogP contribution in [-0.4, -0.2) is 39.9 Å². The Morgan fingerprint density at radius 2 is 1.96 bits per heavy atom. The topological polar surface area (TPSA) is 54.2 Å². The van der Waals surface area contributed by atoms with Gasteiger partial charge in [-0.15, -0.1) is 5.10 Å². The van der Waals surface area contributed by atoms with Crippen molar-refractivity contribution in [3.63, 3.8) is 0 Å². The van der Waals surface area contributed by atoms with Gasteiger partial charge in [0.1, 0.15) is 6.17 Å². The van der Waals surface area contributed by atoms with Crippen LogP contribution in [0.5, 0.6) is 0 Å². The molecule has 2 N–H and O–H groups in total. The average Bonchev–Trinajstić information content (AvgIpc) is 3.05. The van der Waals surface area contributed by atoms with Crippen molar-refractivity contribution in [2.24, 2.45) is 0 Å². The molecule has 5 nitrogen and oxygen atoms in total. The zero-order chi connectivity index (χ0) is 18.3. The van der Waals surface area contributed by atoms with E-state index >= 15 is 0 Å². The van der Waals surface area contributed by atoms with Crippen molar-refractivity contribution >= 4 is 11.6 Å². The lowest BCUT2D eigenvalue weighted by molar-refractivity contribution is 0.244. The van der Waals surface area contributed by atoms with Gasteiger partial charge in [0, 0.05) is 23.9 Å². The van der Waals surface area contributed by atoms with Crippen LogP contribution >= 0.6 is 0 Å². The molecule has 9 heteroatoms. The van der Waals surface area contributed by atoms with Gasteiger partial charge in [-0.25, -0.2) is 22.1 Å². The lowest BCUT2D eigenvalue weighted by atomic mass is 10.1. The molecule has 1 aliphatic rings. The second kappa shape index (κ2) is 6.56. The standard InChI is InChI=1S/C17H15F4N5/c18-11-4-3-9(14(20)15(11)21)10-2-1-7-26-16(10)24-17(25-26)23-13-5-6-22-8-12(13)19/h1-4,7,12-13,22H,5-6,8H2,(H,23,25)/t12-,13+/m1/s1. The number of alkyl halides is 1. The number of halogens is 4. The molecule has 0 unspecified atom stereocenters. The summed E-state index contributed by atoms with van der Waals surface area (Å²) in [6, 6.07) is 4.69. The molecule has 0 spiro atoms. The number of hydrogen-bond donors (Lipinski definition) is 2. The lowest BCUT2D eigenvalue weighted by Crippen LogP contribution is -2.45. The van der Waals surface area contributed by atoms with Crippen molar-refractivity contribution in [3.8, 4) is 11.1 Å². The van der Waals surface area contributed by atoms with E-state index in [1.54, 1.807) is 12.3 Å². The van der Waals surface area contributed by atoms with E-state index in [0.29, 0.717) is 13.0 Å². The highest BCUT2D eigenvalue weighted by Gasteiger charge is 2.26. The zero-order valence-electron chi connectivity index (χ0n) is 13.5. The molecule has 0 radical (unpaired) electrons. The maximum atomic E-state index is 14.2. The number of aromatic nitrogens is 3. The zero-order valence-corrected chi connectivity index (χ0v) is 13.5. The first-order chi connectivity index (χ1) is 12.5. The minimum absolute atomic E-state index is 0.126. The largest absolute Gasteiger partial charge is 0.347 e. The maximum Gasteiger partial charge on any atom is 0.243 e. The van der Waals surface area contributed by atoms with Crippen LogP contribution in [0.4, 0.5) is 23.5 Å². The number of rotatable bonds is 3. The maximum absolute atomic E-state index is 14.2. The number of pyridine rings is 1. The smallest absolute Gasteiger partial charge is 0.243 e. The summed E-state index contributed by atoms with van der Waals surface area (Å²) in [5, 5.41) is 10.1. The van der Waals surface area contributed by atoms with Crippen LogP contribution in [0.2, 0.25) is 0 Å². The van der Waals surface area contributed by atoms with E-state index < -0.39 is 29.7 Å². The molecule has 2 atom stereocenters. The lowest BCUT2D eigenvalue weighted by Gasteiger charge is -2.26. The molecular weight excluding hydrogens is 350 g/mol. The normalized spacial score (nSPS) is 20.5. The molecule has 2 aromatic heterocycles. The van der Waals surface area contributed by atoms with Crippen molar-refractivity contribution in [1.29, 1.82) is 0 Å². The van der Waals surface area contributed by atoms with Crippen molar-refractivity contribution in [2.75, 3.05) is 18.4 Å². The Bertz CT molecular complexity index is 958. The highest BCUT2D eigenvalue weighted by molar-refractivity contribution is 5.78. The Balaban J connectivity index is 1.73. The number of nitrogens with one attached hydrogen (secondary N) is 2. The second-order valence-corrected chi connectivity index (χ2v) is 6.11. The van der Waals surface area contributed by atoms with Gasteiger partial charge in [-0.1, -0.05) is 0 Å². The predicted molar refractivity (Wildman–Crippen MR) is 88.1 cm³/mol. The van der Waals surface area contributed by atoms with Crippen LogP contribution in [0.25, 0.3) is 16.8 Å². The molecule has 4 rings (SSSR count). The summed E-state index contributed by atoms with van der Waals surface area (Å²) in [6.07, 6.45) is 1.07. The Hall–Kier alpha value is -2.68. The molecule has 3 aromatic rings. The summed E-state index contributed by atoms with van der Waals surface area (Å²) in [7, 11) is 0. The Kier molecular flexibility index (Phi) is 4.23. The van der Waals surface area contributed by atoms with Gasteiger partial charge in [-0.05, 0) is 37.2 Å². The molecule has 136 valence electrons. The van der Waals surface area contributed by atoms with Crippen molar-refractivity contribution in [2.45, 2.75) is 18.6 Å². The van der Waals surface area contributed by atoms with Gasteiger partial charge in [0.05, 0.1) is 6.04 Å². The molecule has 0 aliphatic carbocycles. The monoisotopic (exact) mass is 365 g/mol. The molecule has 3 heterocycles. The number of piperidine rings is 1. The van der Waals surface area contributed by atoms with Gasteiger partial charge in [0.15, 0.2) is 23.1 Å². The molecule has 1 saturated heterocycles. The third kappa shape index (κ3) is 2.88.